The third-order valence-electron chi connectivity index (χ3n) is 0.316. The molecule has 0 heterocycles. The van der Waals surface area contributed by atoms with Crippen molar-refractivity contribution >= 4 is 19.0 Å². The van der Waals surface area contributed by atoms with E-state index in [1.807, 2.05) is 0 Å². The van der Waals surface area contributed by atoms with Crippen molar-refractivity contribution in [3.63, 3.8) is 0 Å². The standard InChI is InChI=1S/C3H8BOS/c1-3(2,5)4-6/h5-6H,1-2H3. The molecule has 0 bridgehead atoms. The van der Waals surface area contributed by atoms with Gasteiger partial charge in [-0.25, -0.2) is 12.5 Å². The molecule has 0 unspecified atom stereocenters. The Kier molecular flexibility index (Phi) is 2.01. The average Bonchev–Trinajstić information content (AvgIpc) is 1.35. The van der Waals surface area contributed by atoms with E-state index in [2.05, 4.69) is 12.5 Å². The SMILES string of the molecule is CC(C)(O)[B]S. The summed E-state index contributed by atoms with van der Waals surface area (Å²) in [5, 5.41) is 8.69. The van der Waals surface area contributed by atoms with E-state index >= 15 is 0 Å². The van der Waals surface area contributed by atoms with Crippen LogP contribution in [0.2, 0.25) is 0 Å². The lowest BCUT2D eigenvalue weighted by molar-refractivity contribution is 0.169. The van der Waals surface area contributed by atoms with Crippen molar-refractivity contribution in [1.82, 2.24) is 0 Å². The molecule has 0 aliphatic rings. The summed E-state index contributed by atoms with van der Waals surface area (Å²) in [7, 11) is 0. The first-order chi connectivity index (χ1) is 2.56. The molecular weight excluding hydrogens is 94.9 g/mol. The van der Waals surface area contributed by atoms with Crippen LogP contribution in [0.25, 0.3) is 0 Å². The molecule has 0 saturated carbocycles. The van der Waals surface area contributed by atoms with Gasteiger partial charge in [0.15, 0.2) is 0 Å². The van der Waals surface area contributed by atoms with Crippen molar-refractivity contribution in [2.24, 2.45) is 0 Å². The maximum absolute atomic E-state index is 8.69. The highest BCUT2D eigenvalue weighted by molar-refractivity contribution is 8.07. The van der Waals surface area contributed by atoms with Crippen LogP contribution in [0.3, 0.4) is 0 Å². The van der Waals surface area contributed by atoms with Crippen LogP contribution < -0.4 is 0 Å². The Labute approximate surface area is 44.3 Å². The van der Waals surface area contributed by atoms with Gasteiger partial charge in [-0.1, -0.05) is 0 Å². The molecule has 1 radical (unpaired) electrons. The van der Waals surface area contributed by atoms with E-state index in [0.717, 1.165) is 0 Å². The third-order valence-corrected chi connectivity index (χ3v) is 0.948. The maximum atomic E-state index is 8.69. The third kappa shape index (κ3) is 4.37. The van der Waals surface area contributed by atoms with Crippen molar-refractivity contribution in [3.05, 3.63) is 0 Å². The number of rotatable bonds is 1. The molecule has 0 rings (SSSR count). The van der Waals surface area contributed by atoms with Crippen LogP contribution >= 0.6 is 12.5 Å². The largest absolute Gasteiger partial charge is 0.398 e. The molecule has 0 saturated heterocycles. The van der Waals surface area contributed by atoms with Crippen LogP contribution in [0.1, 0.15) is 13.8 Å². The molecule has 1 nitrogen and oxygen atoms in total. The van der Waals surface area contributed by atoms with E-state index in [9.17, 15) is 0 Å². The van der Waals surface area contributed by atoms with Gasteiger partial charge >= 0.3 is 0 Å². The zero-order chi connectivity index (χ0) is 5.21. The fourth-order valence-corrected chi connectivity index (χ4v) is 0. The van der Waals surface area contributed by atoms with Gasteiger partial charge in [0, 0.05) is 5.50 Å². The minimum Gasteiger partial charge on any atom is -0.398 e. The van der Waals surface area contributed by atoms with Crippen molar-refractivity contribution in [2.75, 3.05) is 0 Å². The molecule has 3 heteroatoms. The normalized spacial score (nSPS) is 11.3. The van der Waals surface area contributed by atoms with Gasteiger partial charge in [0.25, 0.3) is 0 Å². The van der Waals surface area contributed by atoms with E-state index in [4.69, 9.17) is 5.11 Å². The van der Waals surface area contributed by atoms with Crippen LogP contribution in [-0.4, -0.2) is 17.2 Å². The van der Waals surface area contributed by atoms with Crippen LogP contribution in [0, 0.1) is 0 Å². The van der Waals surface area contributed by atoms with Crippen molar-refractivity contribution in [2.45, 2.75) is 19.3 Å². The number of thiol groups is 1. The van der Waals surface area contributed by atoms with Gasteiger partial charge in [-0.3, -0.25) is 0 Å². The Balaban J connectivity index is 3.17. The number of hydrogen-bond acceptors (Lipinski definition) is 2. The summed E-state index contributed by atoms with van der Waals surface area (Å²) in [5.41, 5.74) is -0.719. The quantitative estimate of drug-likeness (QED) is 0.360. The smallest absolute Gasteiger partial charge is 0.226 e. The van der Waals surface area contributed by atoms with Gasteiger partial charge in [-0.2, -0.15) is 0 Å². The highest BCUT2D eigenvalue weighted by Gasteiger charge is 2.09. The predicted molar refractivity (Wildman–Crippen MR) is 31.0 cm³/mol. The Morgan fingerprint density at radius 1 is 1.67 bits per heavy atom. The molecule has 35 valence electrons. The summed E-state index contributed by atoms with van der Waals surface area (Å²) < 4.78 is 0. The second-order valence-electron chi connectivity index (χ2n) is 1.78. The molecule has 0 aliphatic carbocycles. The van der Waals surface area contributed by atoms with E-state index in [-0.39, 0.29) is 0 Å². The summed E-state index contributed by atoms with van der Waals surface area (Å²) in [4.78, 5) is 0. The zero-order valence-electron chi connectivity index (χ0n) is 3.97. The minimum atomic E-state index is -0.719. The molecule has 0 amide bonds. The zero-order valence-corrected chi connectivity index (χ0v) is 4.87. The molecular formula is C3H8BOS. The predicted octanol–water partition coefficient (Wildman–Crippen LogP) is 0.264. The molecule has 0 aromatic carbocycles. The maximum Gasteiger partial charge on any atom is 0.226 e. The fourth-order valence-electron chi connectivity index (χ4n) is 0. The van der Waals surface area contributed by atoms with Crippen LogP contribution in [-0.2, 0) is 0 Å². The first-order valence-electron chi connectivity index (χ1n) is 1.77. The van der Waals surface area contributed by atoms with E-state index in [1.54, 1.807) is 13.8 Å². The first kappa shape index (κ1) is 6.37. The molecule has 0 aromatic heterocycles. The van der Waals surface area contributed by atoms with Gasteiger partial charge < -0.3 is 5.11 Å². The summed E-state index contributed by atoms with van der Waals surface area (Å²) >= 11 is 3.73. The molecule has 6 heavy (non-hydrogen) atoms. The van der Waals surface area contributed by atoms with Gasteiger partial charge in [-0.15, -0.1) is 0 Å². The van der Waals surface area contributed by atoms with Crippen LogP contribution in [0.15, 0.2) is 0 Å². The van der Waals surface area contributed by atoms with E-state index in [1.165, 1.54) is 6.56 Å². The summed E-state index contributed by atoms with van der Waals surface area (Å²) in [6.07, 6.45) is 0. The molecule has 0 spiro atoms. The second kappa shape index (κ2) is 1.89. The average molecular weight is 103 g/mol. The lowest BCUT2D eigenvalue weighted by atomic mass is 9.84. The van der Waals surface area contributed by atoms with Crippen LogP contribution in [0.5, 0.6) is 0 Å². The minimum absolute atomic E-state index is 0.719. The van der Waals surface area contributed by atoms with Gasteiger partial charge in [0.2, 0.25) is 6.56 Å². The highest BCUT2D eigenvalue weighted by atomic mass is 32.1. The van der Waals surface area contributed by atoms with Gasteiger partial charge in [0.05, 0.1) is 0 Å². The highest BCUT2D eigenvalue weighted by Crippen LogP contribution is 1.97. The Morgan fingerprint density at radius 2 is 1.83 bits per heavy atom. The topological polar surface area (TPSA) is 20.2 Å². The van der Waals surface area contributed by atoms with Gasteiger partial charge in [-0.05, 0) is 13.8 Å². The van der Waals surface area contributed by atoms with Gasteiger partial charge in [0.1, 0.15) is 0 Å². The molecule has 0 fully saturated rings. The second-order valence-corrected chi connectivity index (χ2v) is 2.04. The fraction of sp³-hybridized carbons (Fsp3) is 1.00. The van der Waals surface area contributed by atoms with Crippen molar-refractivity contribution in [3.8, 4) is 0 Å². The number of aliphatic hydroxyl groups is 1. The Bertz CT molecular complexity index is 40.5. The first-order valence-corrected chi connectivity index (χ1v) is 2.29. The molecule has 0 atom stereocenters. The summed E-state index contributed by atoms with van der Waals surface area (Å²) in [5.74, 6) is 0. The van der Waals surface area contributed by atoms with Crippen molar-refractivity contribution < 1.29 is 5.11 Å². The monoisotopic (exact) mass is 103 g/mol. The van der Waals surface area contributed by atoms with Crippen LogP contribution in [0.4, 0.5) is 0 Å². The van der Waals surface area contributed by atoms with E-state index < -0.39 is 5.50 Å². The lowest BCUT2D eigenvalue weighted by Gasteiger charge is -2.09. The molecule has 0 aromatic rings. The van der Waals surface area contributed by atoms with Crippen molar-refractivity contribution in [1.29, 1.82) is 0 Å². The molecule has 0 aliphatic heterocycles. The van der Waals surface area contributed by atoms with E-state index in [0.29, 0.717) is 0 Å². The summed E-state index contributed by atoms with van der Waals surface area (Å²) in [6.45, 7) is 4.77. The Morgan fingerprint density at radius 3 is 1.83 bits per heavy atom. The molecule has 1 N–H and O–H groups in total. The lowest BCUT2D eigenvalue weighted by Crippen LogP contribution is -2.23. The number of hydrogen-bond donors (Lipinski definition) is 2. The summed E-state index contributed by atoms with van der Waals surface area (Å²) in [6, 6.07) is 0. The Hall–Kier alpha value is 0.375.